The standard InChI is InChI=1S/C11H20N4O/c1-15-5-4-13-11(15)8-9(14-12)7-10-3-2-6-16-10/h4-5,9-10,14H,2-3,6-8,12H2,1H3. The van der Waals surface area contributed by atoms with Crippen molar-refractivity contribution in [3.05, 3.63) is 18.2 Å². The van der Waals surface area contributed by atoms with Crippen LogP contribution in [0.5, 0.6) is 0 Å². The monoisotopic (exact) mass is 224 g/mol. The number of aryl methyl sites for hydroxylation is 1. The molecule has 0 bridgehead atoms. The van der Waals surface area contributed by atoms with Crippen molar-refractivity contribution < 1.29 is 4.74 Å². The second-order valence-electron chi connectivity index (χ2n) is 4.39. The molecule has 2 rings (SSSR count). The minimum atomic E-state index is 0.240. The van der Waals surface area contributed by atoms with Gasteiger partial charge in [0.05, 0.1) is 6.10 Å². The fourth-order valence-corrected chi connectivity index (χ4v) is 2.17. The first-order valence-corrected chi connectivity index (χ1v) is 5.83. The summed E-state index contributed by atoms with van der Waals surface area (Å²) in [5.74, 6) is 6.63. The lowest BCUT2D eigenvalue weighted by atomic mass is 10.0. The van der Waals surface area contributed by atoms with Crippen LogP contribution < -0.4 is 11.3 Å². The number of hydrazine groups is 1. The van der Waals surface area contributed by atoms with E-state index in [4.69, 9.17) is 10.6 Å². The number of nitrogens with zero attached hydrogens (tertiary/aromatic N) is 2. The van der Waals surface area contributed by atoms with Crippen LogP contribution in [-0.4, -0.2) is 28.3 Å². The van der Waals surface area contributed by atoms with Crippen LogP contribution >= 0.6 is 0 Å². The lowest BCUT2D eigenvalue weighted by molar-refractivity contribution is 0.0943. The van der Waals surface area contributed by atoms with E-state index in [9.17, 15) is 0 Å². The van der Waals surface area contributed by atoms with E-state index in [2.05, 4.69) is 10.4 Å². The van der Waals surface area contributed by atoms with Gasteiger partial charge in [-0.1, -0.05) is 0 Å². The molecular weight excluding hydrogens is 204 g/mol. The first-order valence-electron chi connectivity index (χ1n) is 5.83. The molecule has 5 nitrogen and oxygen atoms in total. The summed E-state index contributed by atoms with van der Waals surface area (Å²) in [5.41, 5.74) is 2.86. The molecule has 2 unspecified atom stereocenters. The highest BCUT2D eigenvalue weighted by Gasteiger charge is 2.21. The van der Waals surface area contributed by atoms with Crippen LogP contribution in [0.3, 0.4) is 0 Å². The van der Waals surface area contributed by atoms with Gasteiger partial charge in [-0.25, -0.2) is 4.98 Å². The van der Waals surface area contributed by atoms with Gasteiger partial charge in [0.15, 0.2) is 0 Å². The van der Waals surface area contributed by atoms with Crippen molar-refractivity contribution in [2.75, 3.05) is 6.61 Å². The number of rotatable bonds is 5. The predicted molar refractivity (Wildman–Crippen MR) is 61.6 cm³/mol. The Kier molecular flexibility index (Phi) is 3.93. The Labute approximate surface area is 96.0 Å². The molecule has 1 aromatic rings. The van der Waals surface area contributed by atoms with E-state index in [1.54, 1.807) is 0 Å². The molecule has 2 atom stereocenters. The molecule has 0 amide bonds. The van der Waals surface area contributed by atoms with Gasteiger partial charge >= 0.3 is 0 Å². The van der Waals surface area contributed by atoms with E-state index in [0.717, 1.165) is 31.7 Å². The molecule has 0 radical (unpaired) electrons. The zero-order valence-corrected chi connectivity index (χ0v) is 9.72. The summed E-state index contributed by atoms with van der Waals surface area (Å²) in [7, 11) is 2.00. The van der Waals surface area contributed by atoms with Crippen LogP contribution in [0.4, 0.5) is 0 Å². The smallest absolute Gasteiger partial charge is 0.109 e. The SMILES string of the molecule is Cn1ccnc1CC(CC1CCCO1)NN. The normalized spacial score (nSPS) is 22.5. The largest absolute Gasteiger partial charge is 0.378 e. The topological polar surface area (TPSA) is 65.1 Å². The molecule has 1 saturated heterocycles. The molecule has 0 saturated carbocycles. The van der Waals surface area contributed by atoms with E-state index >= 15 is 0 Å². The average molecular weight is 224 g/mol. The second kappa shape index (κ2) is 5.43. The van der Waals surface area contributed by atoms with Gasteiger partial charge in [0.1, 0.15) is 5.82 Å². The van der Waals surface area contributed by atoms with Crippen LogP contribution in [0, 0.1) is 0 Å². The van der Waals surface area contributed by atoms with Gasteiger partial charge in [-0.2, -0.15) is 0 Å². The lowest BCUT2D eigenvalue weighted by Gasteiger charge is -2.19. The van der Waals surface area contributed by atoms with Crippen molar-refractivity contribution in [3.63, 3.8) is 0 Å². The number of hydrogen-bond donors (Lipinski definition) is 2. The van der Waals surface area contributed by atoms with Gasteiger partial charge in [-0.05, 0) is 19.3 Å². The maximum Gasteiger partial charge on any atom is 0.109 e. The van der Waals surface area contributed by atoms with Gasteiger partial charge in [-0.3, -0.25) is 11.3 Å². The first kappa shape index (κ1) is 11.6. The Balaban J connectivity index is 1.87. The highest BCUT2D eigenvalue weighted by Crippen LogP contribution is 2.18. The Morgan fingerprint density at radius 1 is 1.75 bits per heavy atom. The van der Waals surface area contributed by atoms with Crippen LogP contribution in [0.2, 0.25) is 0 Å². The van der Waals surface area contributed by atoms with Crippen molar-refractivity contribution in [3.8, 4) is 0 Å². The fraction of sp³-hybridized carbons (Fsp3) is 0.727. The van der Waals surface area contributed by atoms with Crippen molar-refractivity contribution in [2.24, 2.45) is 12.9 Å². The minimum absolute atomic E-state index is 0.240. The highest BCUT2D eigenvalue weighted by molar-refractivity contribution is 4.94. The predicted octanol–water partition coefficient (Wildman–Crippen LogP) is 0.364. The Hall–Kier alpha value is -0.910. The van der Waals surface area contributed by atoms with Gasteiger partial charge < -0.3 is 9.30 Å². The van der Waals surface area contributed by atoms with E-state index < -0.39 is 0 Å². The lowest BCUT2D eigenvalue weighted by Crippen LogP contribution is -2.39. The summed E-state index contributed by atoms with van der Waals surface area (Å²) in [5, 5.41) is 0. The number of hydrogen-bond acceptors (Lipinski definition) is 4. The summed E-state index contributed by atoms with van der Waals surface area (Å²) < 4.78 is 7.64. The maximum absolute atomic E-state index is 5.61. The molecule has 0 aromatic carbocycles. The molecule has 2 heterocycles. The molecule has 0 aliphatic carbocycles. The summed E-state index contributed by atoms with van der Waals surface area (Å²) in [6, 6.07) is 0.240. The van der Waals surface area contributed by atoms with E-state index in [1.807, 2.05) is 24.0 Å². The number of aromatic nitrogens is 2. The Bertz CT molecular complexity index is 320. The zero-order valence-electron chi connectivity index (χ0n) is 9.72. The second-order valence-corrected chi connectivity index (χ2v) is 4.39. The summed E-state index contributed by atoms with van der Waals surface area (Å²) in [6.45, 7) is 0.893. The molecule has 1 aromatic heterocycles. The Morgan fingerprint density at radius 2 is 2.62 bits per heavy atom. The van der Waals surface area contributed by atoms with Crippen molar-refractivity contribution in [1.29, 1.82) is 0 Å². The highest BCUT2D eigenvalue weighted by atomic mass is 16.5. The van der Waals surface area contributed by atoms with Crippen LogP contribution in [0.15, 0.2) is 12.4 Å². The van der Waals surface area contributed by atoms with Gasteiger partial charge in [0.2, 0.25) is 0 Å². The van der Waals surface area contributed by atoms with E-state index in [-0.39, 0.29) is 6.04 Å². The number of ether oxygens (including phenoxy) is 1. The average Bonchev–Trinajstić information content (AvgIpc) is 2.90. The molecule has 1 aliphatic rings. The van der Waals surface area contributed by atoms with Crippen LogP contribution in [-0.2, 0) is 18.2 Å². The molecule has 1 aliphatic heterocycles. The number of nitrogens with two attached hydrogens (primary N) is 1. The van der Waals surface area contributed by atoms with Crippen molar-refractivity contribution in [2.45, 2.75) is 37.8 Å². The molecule has 0 spiro atoms. The maximum atomic E-state index is 5.61. The fourth-order valence-electron chi connectivity index (χ4n) is 2.17. The third kappa shape index (κ3) is 2.81. The summed E-state index contributed by atoms with van der Waals surface area (Å²) >= 11 is 0. The molecule has 16 heavy (non-hydrogen) atoms. The molecule has 3 N–H and O–H groups in total. The molecular formula is C11H20N4O. The third-order valence-electron chi connectivity index (χ3n) is 3.16. The minimum Gasteiger partial charge on any atom is -0.378 e. The van der Waals surface area contributed by atoms with Gasteiger partial charge in [0, 0.05) is 38.5 Å². The van der Waals surface area contributed by atoms with Gasteiger partial charge in [0.25, 0.3) is 0 Å². The van der Waals surface area contributed by atoms with E-state index in [0.29, 0.717) is 6.10 Å². The number of nitrogens with one attached hydrogen (secondary N) is 1. The van der Waals surface area contributed by atoms with Crippen molar-refractivity contribution in [1.82, 2.24) is 15.0 Å². The zero-order chi connectivity index (χ0) is 11.4. The van der Waals surface area contributed by atoms with Crippen molar-refractivity contribution >= 4 is 0 Å². The molecule has 1 fully saturated rings. The summed E-state index contributed by atoms with van der Waals surface area (Å²) in [4.78, 5) is 4.30. The molecule has 90 valence electrons. The summed E-state index contributed by atoms with van der Waals surface area (Å²) in [6.07, 6.45) is 8.26. The molecule has 5 heteroatoms. The Morgan fingerprint density at radius 3 is 3.19 bits per heavy atom. The van der Waals surface area contributed by atoms with Crippen LogP contribution in [0.1, 0.15) is 25.1 Å². The number of imidazole rings is 1. The van der Waals surface area contributed by atoms with Gasteiger partial charge in [-0.15, -0.1) is 0 Å². The van der Waals surface area contributed by atoms with Crippen LogP contribution in [0.25, 0.3) is 0 Å². The first-order chi connectivity index (χ1) is 7.79. The third-order valence-corrected chi connectivity index (χ3v) is 3.16. The quantitative estimate of drug-likeness (QED) is 0.560. The van der Waals surface area contributed by atoms with E-state index in [1.165, 1.54) is 6.42 Å².